The van der Waals surface area contributed by atoms with Gasteiger partial charge >= 0.3 is 6.18 Å². The molecule has 0 radical (unpaired) electrons. The van der Waals surface area contributed by atoms with Crippen LogP contribution in [0.5, 0.6) is 0 Å². The summed E-state index contributed by atoms with van der Waals surface area (Å²) in [6.45, 7) is 4.02. The third kappa shape index (κ3) is 5.21. The molecule has 7 nitrogen and oxygen atoms in total. The molecule has 12 heteroatoms. The van der Waals surface area contributed by atoms with E-state index in [0.29, 0.717) is 6.41 Å². The maximum Gasteiger partial charge on any atom is 0.412 e. The van der Waals surface area contributed by atoms with E-state index >= 15 is 0 Å². The molecule has 0 aliphatic carbocycles. The number of carbonyl (C=O) groups excluding carboxylic acids is 2. The van der Waals surface area contributed by atoms with Crippen molar-refractivity contribution in [3.8, 4) is 0 Å². The zero-order valence-electron chi connectivity index (χ0n) is 19.4. The standard InChI is InChI=1S/C24H23ClF4N4O3/c1-4-32(13-35)21(12-34)30-31(3)15-8-9-16-17(10-15)18(14(2)24(27,28)29)11-33(23(16)36)22-19(25)6-5-7-20(22)26/h5-10,13,18,34H,2,4,11-12H2,1,3H3/b30-21-. The highest BCUT2D eigenvalue weighted by molar-refractivity contribution is 6.34. The number of alkyl halides is 3. The molecule has 0 spiro atoms. The second-order valence-corrected chi connectivity index (χ2v) is 8.33. The van der Waals surface area contributed by atoms with Crippen molar-refractivity contribution in [3.63, 3.8) is 0 Å². The van der Waals surface area contributed by atoms with E-state index in [0.717, 1.165) is 15.9 Å². The third-order valence-electron chi connectivity index (χ3n) is 5.82. The largest absolute Gasteiger partial charge is 0.412 e. The maximum atomic E-state index is 14.6. The first-order chi connectivity index (χ1) is 16.9. The monoisotopic (exact) mass is 526 g/mol. The molecule has 0 saturated heterocycles. The van der Waals surface area contributed by atoms with Gasteiger partial charge in [0.25, 0.3) is 5.91 Å². The van der Waals surface area contributed by atoms with E-state index in [1.54, 1.807) is 6.92 Å². The minimum Gasteiger partial charge on any atom is -0.388 e. The Kier molecular flexibility index (Phi) is 8.05. The Morgan fingerprint density at radius 3 is 2.58 bits per heavy atom. The first-order valence-corrected chi connectivity index (χ1v) is 11.1. The van der Waals surface area contributed by atoms with Gasteiger partial charge in [0, 0.05) is 37.2 Å². The van der Waals surface area contributed by atoms with Gasteiger partial charge in [0.2, 0.25) is 6.41 Å². The Bertz CT molecular complexity index is 1200. The summed E-state index contributed by atoms with van der Waals surface area (Å²) >= 11 is 6.10. The number of hydrogen-bond donors (Lipinski definition) is 1. The van der Waals surface area contributed by atoms with Gasteiger partial charge in [-0.3, -0.25) is 19.5 Å². The number of benzene rings is 2. The number of amides is 2. The van der Waals surface area contributed by atoms with Crippen LogP contribution in [0.15, 0.2) is 53.7 Å². The van der Waals surface area contributed by atoms with Crippen LogP contribution in [0.2, 0.25) is 5.02 Å². The maximum absolute atomic E-state index is 14.6. The van der Waals surface area contributed by atoms with Gasteiger partial charge in [0.05, 0.1) is 16.4 Å². The summed E-state index contributed by atoms with van der Waals surface area (Å²) in [7, 11) is 1.47. The highest BCUT2D eigenvalue weighted by Crippen LogP contribution is 2.44. The van der Waals surface area contributed by atoms with E-state index in [2.05, 4.69) is 11.7 Å². The van der Waals surface area contributed by atoms with Crippen LogP contribution in [0.1, 0.15) is 28.8 Å². The van der Waals surface area contributed by atoms with Crippen LogP contribution in [0.3, 0.4) is 0 Å². The molecule has 2 aromatic rings. The second kappa shape index (κ2) is 10.7. The summed E-state index contributed by atoms with van der Waals surface area (Å²) in [4.78, 5) is 26.5. The van der Waals surface area contributed by atoms with Gasteiger partial charge in [-0.25, -0.2) is 4.39 Å². The topological polar surface area (TPSA) is 76.5 Å². The van der Waals surface area contributed by atoms with Gasteiger partial charge in [-0.1, -0.05) is 24.2 Å². The number of aliphatic hydroxyl groups is 1. The Morgan fingerprint density at radius 1 is 1.33 bits per heavy atom. The van der Waals surface area contributed by atoms with E-state index < -0.39 is 42.5 Å². The van der Waals surface area contributed by atoms with Crippen LogP contribution in [-0.4, -0.2) is 61.1 Å². The molecule has 2 aromatic carbocycles. The molecule has 3 rings (SSSR count). The fraction of sp³-hybridized carbons (Fsp3) is 0.292. The number of halogens is 5. The van der Waals surface area contributed by atoms with E-state index in [1.807, 2.05) is 0 Å². The van der Waals surface area contributed by atoms with Gasteiger partial charge in [0.1, 0.15) is 12.4 Å². The molecule has 0 aromatic heterocycles. The number of para-hydroxylation sites is 1. The molecular weight excluding hydrogens is 504 g/mol. The van der Waals surface area contributed by atoms with Crippen molar-refractivity contribution >= 4 is 41.1 Å². The normalized spacial score (nSPS) is 16.0. The van der Waals surface area contributed by atoms with E-state index in [9.17, 15) is 32.3 Å². The number of anilines is 2. The number of nitrogens with zero attached hydrogens (tertiary/aromatic N) is 4. The van der Waals surface area contributed by atoms with E-state index in [1.165, 1.54) is 42.4 Å². The van der Waals surface area contributed by atoms with E-state index in [-0.39, 0.29) is 39.9 Å². The van der Waals surface area contributed by atoms with Gasteiger partial charge < -0.3 is 10.0 Å². The van der Waals surface area contributed by atoms with Crippen molar-refractivity contribution < 1.29 is 32.3 Å². The fourth-order valence-electron chi connectivity index (χ4n) is 3.91. The van der Waals surface area contributed by atoms with Gasteiger partial charge in [-0.15, -0.1) is 0 Å². The van der Waals surface area contributed by atoms with E-state index in [4.69, 9.17) is 11.6 Å². The SMILES string of the molecule is C=C(C1CN(c2c(F)cccc2Cl)C(=O)c2ccc(N(C)/N=C(/CO)N(C=O)CC)cc21)C(F)(F)F. The predicted molar refractivity (Wildman–Crippen MR) is 129 cm³/mol. The summed E-state index contributed by atoms with van der Waals surface area (Å²) < 4.78 is 55.9. The lowest BCUT2D eigenvalue weighted by Crippen LogP contribution is -2.42. The summed E-state index contributed by atoms with van der Waals surface area (Å²) in [6.07, 6.45) is -4.30. The van der Waals surface area contributed by atoms with Crippen molar-refractivity contribution in [3.05, 3.63) is 70.5 Å². The molecule has 1 unspecified atom stereocenters. The Morgan fingerprint density at radius 2 is 2.03 bits per heavy atom. The molecule has 2 amide bonds. The third-order valence-corrected chi connectivity index (χ3v) is 6.13. The predicted octanol–water partition coefficient (Wildman–Crippen LogP) is 4.56. The first-order valence-electron chi connectivity index (χ1n) is 10.7. The van der Waals surface area contributed by atoms with Crippen LogP contribution in [0.25, 0.3) is 0 Å². The molecule has 1 atom stereocenters. The average Bonchev–Trinajstić information content (AvgIpc) is 2.83. The van der Waals surface area contributed by atoms with Crippen LogP contribution in [-0.2, 0) is 4.79 Å². The molecule has 1 heterocycles. The Labute approximate surface area is 209 Å². The second-order valence-electron chi connectivity index (χ2n) is 7.92. The number of amidine groups is 1. The highest BCUT2D eigenvalue weighted by atomic mass is 35.5. The lowest BCUT2D eigenvalue weighted by atomic mass is 9.83. The van der Waals surface area contributed by atoms with Crippen LogP contribution in [0, 0.1) is 5.82 Å². The number of likely N-dealkylation sites (N-methyl/N-ethyl adjacent to an activating group) is 1. The fourth-order valence-corrected chi connectivity index (χ4v) is 4.17. The van der Waals surface area contributed by atoms with Gasteiger partial charge in [0.15, 0.2) is 5.84 Å². The van der Waals surface area contributed by atoms with Crippen LogP contribution < -0.4 is 9.91 Å². The van der Waals surface area contributed by atoms with Gasteiger partial charge in [-0.2, -0.15) is 18.3 Å². The number of carbonyl (C=O) groups is 2. The summed E-state index contributed by atoms with van der Waals surface area (Å²) in [5.74, 6) is -2.99. The minimum atomic E-state index is -4.79. The molecule has 0 fully saturated rings. The summed E-state index contributed by atoms with van der Waals surface area (Å²) in [5, 5.41) is 14.9. The number of fused-ring (bicyclic) bond motifs is 1. The summed E-state index contributed by atoms with van der Waals surface area (Å²) in [5.41, 5.74) is -1.21. The van der Waals surface area contributed by atoms with Crippen LogP contribution >= 0.6 is 11.6 Å². The number of hydrogen-bond acceptors (Lipinski definition) is 5. The lowest BCUT2D eigenvalue weighted by Gasteiger charge is -2.36. The zero-order valence-corrected chi connectivity index (χ0v) is 20.1. The smallest absolute Gasteiger partial charge is 0.388 e. The van der Waals surface area contributed by atoms with Gasteiger partial charge in [-0.05, 0) is 42.8 Å². The molecule has 0 saturated carbocycles. The quantitative estimate of drug-likeness (QED) is 0.143. The highest BCUT2D eigenvalue weighted by Gasteiger charge is 2.43. The molecule has 1 N–H and O–H groups in total. The van der Waals surface area contributed by atoms with Crippen molar-refractivity contribution in [2.24, 2.45) is 5.10 Å². The van der Waals surface area contributed by atoms with Crippen molar-refractivity contribution in [1.82, 2.24) is 4.90 Å². The molecule has 192 valence electrons. The summed E-state index contributed by atoms with van der Waals surface area (Å²) in [6, 6.07) is 7.82. The Hall–Kier alpha value is -3.44. The molecule has 1 aliphatic rings. The number of rotatable bonds is 7. The molecule has 1 aliphatic heterocycles. The van der Waals surface area contributed by atoms with Crippen molar-refractivity contribution in [2.75, 3.05) is 36.7 Å². The average molecular weight is 527 g/mol. The number of aliphatic hydroxyl groups excluding tert-OH is 1. The van der Waals surface area contributed by atoms with Crippen molar-refractivity contribution in [1.29, 1.82) is 0 Å². The van der Waals surface area contributed by atoms with Crippen LogP contribution in [0.4, 0.5) is 28.9 Å². The first kappa shape index (κ1) is 27.2. The molecular formula is C24H23ClF4N4O3. The minimum absolute atomic E-state index is 0.0143. The molecule has 36 heavy (non-hydrogen) atoms. The molecule has 0 bridgehead atoms. The zero-order chi connectivity index (χ0) is 26.8. The number of hydrazone groups is 1. The lowest BCUT2D eigenvalue weighted by molar-refractivity contribution is -0.114. The Balaban J connectivity index is 2.13. The van der Waals surface area contributed by atoms with Crippen molar-refractivity contribution in [2.45, 2.75) is 19.0 Å².